The van der Waals surface area contributed by atoms with Gasteiger partial charge in [0.2, 0.25) is 5.91 Å². The molecule has 2 heterocycles. The zero-order valence-electron chi connectivity index (χ0n) is 14.7. The van der Waals surface area contributed by atoms with Gasteiger partial charge in [0, 0.05) is 27.4 Å². The van der Waals surface area contributed by atoms with Crippen molar-refractivity contribution in [2.75, 3.05) is 5.32 Å². The lowest BCUT2D eigenvalue weighted by molar-refractivity contribution is -0.136. The molecule has 0 fully saturated rings. The van der Waals surface area contributed by atoms with E-state index in [0.717, 1.165) is 40.0 Å². The molecule has 0 radical (unpaired) electrons. The number of aromatic nitrogens is 2. The van der Waals surface area contributed by atoms with Crippen molar-refractivity contribution in [3.63, 3.8) is 0 Å². The number of hydrogen-bond acceptors (Lipinski definition) is 2. The molecule has 0 unspecified atom stereocenters. The number of amides is 1. The molecule has 0 aliphatic carbocycles. The van der Waals surface area contributed by atoms with Crippen molar-refractivity contribution in [3.05, 3.63) is 77.1 Å². The van der Waals surface area contributed by atoms with E-state index in [4.69, 9.17) is 11.6 Å². The molecule has 4 nitrogen and oxygen atoms in total. The van der Waals surface area contributed by atoms with Crippen molar-refractivity contribution in [2.45, 2.75) is 6.18 Å². The summed E-state index contributed by atoms with van der Waals surface area (Å²) in [6.07, 6.45) is -0.412. The summed E-state index contributed by atoms with van der Waals surface area (Å²) >= 11 is 5.64. The van der Waals surface area contributed by atoms with Crippen LogP contribution < -0.4 is 5.32 Å². The first-order chi connectivity index (χ1) is 13.8. The van der Waals surface area contributed by atoms with Gasteiger partial charge in [0.1, 0.15) is 0 Å². The fourth-order valence-electron chi connectivity index (χ4n) is 3.05. The zero-order chi connectivity index (χ0) is 20.6. The predicted molar refractivity (Wildman–Crippen MR) is 108 cm³/mol. The van der Waals surface area contributed by atoms with Gasteiger partial charge in [0.25, 0.3) is 0 Å². The summed E-state index contributed by atoms with van der Waals surface area (Å²) in [5, 5.41) is 4.12. The average molecular weight is 416 g/mol. The minimum Gasteiger partial charge on any atom is -0.353 e. The Bertz CT molecular complexity index is 1260. The highest BCUT2D eigenvalue weighted by atomic mass is 35.5. The number of carbonyl (C=O) groups excluding carboxylic acids is 1. The van der Waals surface area contributed by atoms with Crippen molar-refractivity contribution < 1.29 is 18.0 Å². The van der Waals surface area contributed by atoms with Crippen molar-refractivity contribution in [1.82, 2.24) is 9.97 Å². The van der Waals surface area contributed by atoms with E-state index in [1.165, 1.54) is 12.1 Å². The van der Waals surface area contributed by atoms with E-state index in [1.807, 2.05) is 24.3 Å². The molecular formula is C21H13ClF3N3O. The Morgan fingerprint density at radius 1 is 1.07 bits per heavy atom. The first kappa shape index (κ1) is 19.0. The Morgan fingerprint density at radius 3 is 2.66 bits per heavy atom. The van der Waals surface area contributed by atoms with Gasteiger partial charge in [-0.25, -0.2) is 0 Å². The van der Waals surface area contributed by atoms with Crippen LogP contribution >= 0.6 is 11.6 Å². The predicted octanol–water partition coefficient (Wildman–Crippen LogP) is 6.04. The number of H-pyrrole nitrogens is 1. The van der Waals surface area contributed by atoms with E-state index < -0.39 is 17.6 Å². The third kappa shape index (κ3) is 3.95. The van der Waals surface area contributed by atoms with Gasteiger partial charge in [-0.1, -0.05) is 29.8 Å². The second-order valence-corrected chi connectivity index (χ2v) is 6.77. The summed E-state index contributed by atoms with van der Waals surface area (Å²) < 4.78 is 39.4. The van der Waals surface area contributed by atoms with Crippen LogP contribution in [0, 0.1) is 0 Å². The largest absolute Gasteiger partial charge is 0.418 e. The van der Waals surface area contributed by atoms with Gasteiger partial charge in [-0.05, 0) is 36.4 Å². The normalized spacial score (nSPS) is 12.1. The number of benzene rings is 2. The van der Waals surface area contributed by atoms with Crippen LogP contribution in [0.2, 0.25) is 5.02 Å². The number of carbonyl (C=O) groups is 1. The molecule has 2 N–H and O–H groups in total. The van der Waals surface area contributed by atoms with Gasteiger partial charge >= 0.3 is 6.18 Å². The third-order valence-corrected chi connectivity index (χ3v) is 4.60. The SMILES string of the molecule is O=C(/C=C/c1cc2c(cn1)[nH]c1ccccc12)Nc1ccc(Cl)cc1C(F)(F)F. The number of halogens is 4. The summed E-state index contributed by atoms with van der Waals surface area (Å²) in [7, 11) is 0. The summed E-state index contributed by atoms with van der Waals surface area (Å²) in [5.41, 5.74) is 0.945. The number of nitrogens with zero attached hydrogens (tertiary/aromatic N) is 1. The first-order valence-corrected chi connectivity index (χ1v) is 8.91. The number of hydrogen-bond donors (Lipinski definition) is 2. The summed E-state index contributed by atoms with van der Waals surface area (Å²) in [4.78, 5) is 19.6. The summed E-state index contributed by atoms with van der Waals surface area (Å²) in [6, 6.07) is 12.7. The van der Waals surface area contributed by atoms with Gasteiger partial charge in [0.05, 0.1) is 28.7 Å². The molecule has 0 spiro atoms. The fraction of sp³-hybridized carbons (Fsp3) is 0.0476. The molecule has 0 saturated heterocycles. The highest BCUT2D eigenvalue weighted by Gasteiger charge is 2.34. The van der Waals surface area contributed by atoms with Gasteiger partial charge in [0.15, 0.2) is 0 Å². The lowest BCUT2D eigenvalue weighted by Crippen LogP contribution is -2.14. The van der Waals surface area contributed by atoms with E-state index in [9.17, 15) is 18.0 Å². The topological polar surface area (TPSA) is 57.8 Å². The lowest BCUT2D eigenvalue weighted by Gasteiger charge is -2.13. The van der Waals surface area contributed by atoms with Crippen molar-refractivity contribution in [2.24, 2.45) is 0 Å². The lowest BCUT2D eigenvalue weighted by atomic mass is 10.1. The zero-order valence-corrected chi connectivity index (χ0v) is 15.5. The molecule has 0 bridgehead atoms. The quantitative estimate of drug-likeness (QED) is 0.401. The second kappa shape index (κ2) is 7.25. The minimum atomic E-state index is -4.64. The van der Waals surface area contributed by atoms with E-state index in [1.54, 1.807) is 12.3 Å². The molecule has 0 saturated carbocycles. The van der Waals surface area contributed by atoms with E-state index in [0.29, 0.717) is 5.69 Å². The highest BCUT2D eigenvalue weighted by Crippen LogP contribution is 2.36. The third-order valence-electron chi connectivity index (χ3n) is 4.36. The van der Waals surface area contributed by atoms with E-state index in [-0.39, 0.29) is 10.7 Å². The highest BCUT2D eigenvalue weighted by molar-refractivity contribution is 6.30. The molecule has 2 aromatic heterocycles. The molecule has 0 aliphatic rings. The Labute approximate surface area is 168 Å². The maximum Gasteiger partial charge on any atom is 0.418 e. The van der Waals surface area contributed by atoms with Crippen LogP contribution in [0.15, 0.2) is 60.8 Å². The van der Waals surface area contributed by atoms with Crippen molar-refractivity contribution >= 4 is 51.1 Å². The number of anilines is 1. The van der Waals surface area contributed by atoms with E-state index >= 15 is 0 Å². The van der Waals surface area contributed by atoms with Crippen LogP contribution in [0.5, 0.6) is 0 Å². The summed E-state index contributed by atoms with van der Waals surface area (Å²) in [5.74, 6) is -0.710. The number of alkyl halides is 3. The van der Waals surface area contributed by atoms with Crippen LogP contribution in [0.1, 0.15) is 11.3 Å². The Kier molecular flexibility index (Phi) is 4.76. The van der Waals surface area contributed by atoms with E-state index in [2.05, 4.69) is 15.3 Å². The van der Waals surface area contributed by atoms with Gasteiger partial charge in [-0.2, -0.15) is 13.2 Å². The number of rotatable bonds is 3. The molecule has 1 amide bonds. The van der Waals surface area contributed by atoms with Crippen LogP contribution in [-0.2, 0) is 11.0 Å². The Hall–Kier alpha value is -3.32. The van der Waals surface area contributed by atoms with Crippen LogP contribution in [0.4, 0.5) is 18.9 Å². The molecule has 29 heavy (non-hydrogen) atoms. The van der Waals surface area contributed by atoms with Crippen molar-refractivity contribution in [1.29, 1.82) is 0 Å². The van der Waals surface area contributed by atoms with Crippen LogP contribution in [-0.4, -0.2) is 15.9 Å². The minimum absolute atomic E-state index is 0.0675. The monoisotopic (exact) mass is 415 g/mol. The maximum absolute atomic E-state index is 13.1. The Balaban J connectivity index is 1.58. The number of nitrogens with one attached hydrogen (secondary N) is 2. The van der Waals surface area contributed by atoms with Crippen LogP contribution in [0.3, 0.4) is 0 Å². The molecule has 8 heteroatoms. The maximum atomic E-state index is 13.1. The molecule has 2 aromatic carbocycles. The number of pyridine rings is 1. The smallest absolute Gasteiger partial charge is 0.353 e. The van der Waals surface area contributed by atoms with Gasteiger partial charge in [-0.15, -0.1) is 0 Å². The molecule has 146 valence electrons. The standard InChI is InChI=1S/C21H13ClF3N3O/c22-12-5-7-18(16(9-12)21(23,24)25)28-20(29)8-6-13-10-15-14-3-1-2-4-17(14)27-19(15)11-26-13/h1-11,27H,(H,28,29)/b8-6+. The Morgan fingerprint density at radius 2 is 1.86 bits per heavy atom. The number of aromatic amines is 1. The fourth-order valence-corrected chi connectivity index (χ4v) is 3.22. The summed E-state index contributed by atoms with van der Waals surface area (Å²) in [6.45, 7) is 0. The van der Waals surface area contributed by atoms with Crippen LogP contribution in [0.25, 0.3) is 27.9 Å². The van der Waals surface area contributed by atoms with Gasteiger partial charge in [-0.3, -0.25) is 9.78 Å². The van der Waals surface area contributed by atoms with Gasteiger partial charge < -0.3 is 10.3 Å². The second-order valence-electron chi connectivity index (χ2n) is 6.34. The number of fused-ring (bicyclic) bond motifs is 3. The molecular weight excluding hydrogens is 403 g/mol. The first-order valence-electron chi connectivity index (χ1n) is 8.53. The molecule has 0 atom stereocenters. The molecule has 0 aliphatic heterocycles. The molecule has 4 aromatic rings. The average Bonchev–Trinajstić information content (AvgIpc) is 3.05. The number of para-hydroxylation sites is 1. The van der Waals surface area contributed by atoms with Crippen molar-refractivity contribution in [3.8, 4) is 0 Å². The molecule has 4 rings (SSSR count).